The summed E-state index contributed by atoms with van der Waals surface area (Å²) in [6.07, 6.45) is 3.37. The number of rotatable bonds is 7. The molecular formula is C29H31N7O4. The van der Waals surface area contributed by atoms with Crippen molar-refractivity contribution in [1.82, 2.24) is 10.3 Å². The Balaban J connectivity index is 1.39. The number of morpholine rings is 1. The Kier molecular flexibility index (Phi) is 7.76. The minimum absolute atomic E-state index is 0.0177. The van der Waals surface area contributed by atoms with Gasteiger partial charge in [0.2, 0.25) is 5.91 Å². The van der Waals surface area contributed by atoms with E-state index in [1.165, 1.54) is 6.08 Å². The molecule has 0 bridgehead atoms. The highest BCUT2D eigenvalue weighted by molar-refractivity contribution is 6.53. The van der Waals surface area contributed by atoms with Gasteiger partial charge in [-0.1, -0.05) is 17.7 Å². The molecule has 2 aliphatic rings. The number of nitrogens with zero attached hydrogens (tertiary/aromatic N) is 2. The first-order valence-corrected chi connectivity index (χ1v) is 12.9. The number of fused-ring (bicyclic) bond motifs is 1. The molecule has 0 unspecified atom stereocenters. The van der Waals surface area contributed by atoms with E-state index >= 15 is 0 Å². The molecule has 1 fully saturated rings. The fourth-order valence-electron chi connectivity index (χ4n) is 4.58. The van der Waals surface area contributed by atoms with Gasteiger partial charge >= 0.3 is 0 Å². The largest absolute Gasteiger partial charge is 0.454 e. The minimum Gasteiger partial charge on any atom is -0.454 e. The van der Waals surface area contributed by atoms with Crippen LogP contribution in [-0.4, -0.2) is 61.1 Å². The van der Waals surface area contributed by atoms with Gasteiger partial charge in [-0.3, -0.25) is 19.9 Å². The van der Waals surface area contributed by atoms with E-state index in [0.717, 1.165) is 29.6 Å². The lowest BCUT2D eigenvalue weighted by molar-refractivity contribution is -0.115. The summed E-state index contributed by atoms with van der Waals surface area (Å²) in [6, 6.07) is 12.9. The molecule has 3 aromatic rings. The van der Waals surface area contributed by atoms with E-state index in [0.29, 0.717) is 48.2 Å². The molecule has 1 saturated heterocycles. The summed E-state index contributed by atoms with van der Waals surface area (Å²) in [7, 11) is 0. The quantitative estimate of drug-likeness (QED) is 0.288. The highest BCUT2D eigenvalue weighted by Gasteiger charge is 2.29. The zero-order chi connectivity index (χ0) is 28.2. The lowest BCUT2D eigenvalue weighted by Gasteiger charge is -2.25. The van der Waals surface area contributed by atoms with Crippen molar-refractivity contribution in [3.05, 3.63) is 77.1 Å². The van der Waals surface area contributed by atoms with Gasteiger partial charge in [0.05, 0.1) is 24.5 Å². The Morgan fingerprint density at radius 2 is 1.82 bits per heavy atom. The van der Waals surface area contributed by atoms with E-state index in [1.807, 2.05) is 38.1 Å². The molecule has 0 atom stereocenters. The number of aryl methyl sites for hydroxylation is 2. The predicted molar refractivity (Wildman–Crippen MR) is 155 cm³/mol. The summed E-state index contributed by atoms with van der Waals surface area (Å²) in [6.45, 7) is 7.73. The smallest absolute Gasteiger partial charge is 0.290 e. The monoisotopic (exact) mass is 541 g/mol. The number of hydrazone groups is 1. The van der Waals surface area contributed by atoms with Gasteiger partial charge in [0.15, 0.2) is 11.6 Å². The van der Waals surface area contributed by atoms with E-state index in [2.05, 4.69) is 26.1 Å². The Bertz CT molecular complexity index is 1560. The average molecular weight is 542 g/mol. The highest BCUT2D eigenvalue weighted by Crippen LogP contribution is 2.34. The molecule has 2 amide bonds. The van der Waals surface area contributed by atoms with Gasteiger partial charge in [-0.05, 0) is 50.2 Å². The third-order valence-corrected chi connectivity index (χ3v) is 6.74. The number of nitrogens with two attached hydrogens (primary N) is 1. The van der Waals surface area contributed by atoms with Crippen molar-refractivity contribution >= 4 is 51.4 Å². The third kappa shape index (κ3) is 5.80. The van der Waals surface area contributed by atoms with Crippen LogP contribution in [0.5, 0.6) is 0 Å². The van der Waals surface area contributed by atoms with Crippen LogP contribution >= 0.6 is 0 Å². The molecule has 5 rings (SSSR count). The molecule has 11 nitrogen and oxygen atoms in total. The summed E-state index contributed by atoms with van der Waals surface area (Å²) >= 11 is 0. The molecule has 2 aromatic carbocycles. The second-order valence-corrected chi connectivity index (χ2v) is 9.63. The number of benzene rings is 2. The van der Waals surface area contributed by atoms with E-state index in [4.69, 9.17) is 20.3 Å². The van der Waals surface area contributed by atoms with Crippen LogP contribution < -0.4 is 21.8 Å². The average Bonchev–Trinajstić information content (AvgIpc) is 3.27. The molecule has 6 N–H and O–H groups in total. The Morgan fingerprint density at radius 1 is 1.12 bits per heavy atom. The Labute approximate surface area is 231 Å². The predicted octanol–water partition coefficient (Wildman–Crippen LogP) is 3.12. The molecule has 40 heavy (non-hydrogen) atoms. The van der Waals surface area contributed by atoms with Gasteiger partial charge in [-0.2, -0.15) is 5.10 Å². The lowest BCUT2D eigenvalue weighted by Crippen LogP contribution is -2.40. The van der Waals surface area contributed by atoms with Gasteiger partial charge in [0.1, 0.15) is 11.3 Å². The van der Waals surface area contributed by atoms with Crippen molar-refractivity contribution in [3.63, 3.8) is 0 Å². The van der Waals surface area contributed by atoms with Crippen molar-refractivity contribution in [2.24, 2.45) is 10.8 Å². The summed E-state index contributed by atoms with van der Waals surface area (Å²) in [4.78, 5) is 26.9. The molecule has 0 spiro atoms. The van der Waals surface area contributed by atoms with Gasteiger partial charge in [-0.25, -0.2) is 5.43 Å². The van der Waals surface area contributed by atoms with E-state index in [9.17, 15) is 9.59 Å². The number of amides is 2. The summed E-state index contributed by atoms with van der Waals surface area (Å²) in [5.74, 6) is -0.477. The zero-order valence-electron chi connectivity index (χ0n) is 22.3. The number of amidine groups is 1. The van der Waals surface area contributed by atoms with Crippen LogP contribution in [0.4, 0.5) is 11.4 Å². The van der Waals surface area contributed by atoms with Gasteiger partial charge in [0, 0.05) is 48.0 Å². The maximum Gasteiger partial charge on any atom is 0.290 e. The standard InChI is InChI=1S/C29H31N7O4/c1-17-5-10-22-21(16-17)18(2)27(40-22)26(24-25(30)29(38)35-34-28(24)31)33-20-8-6-19(7-9-20)32-23(37)4-3-11-36-12-14-39-15-13-36/h3-10,16,30,33H,11-15H2,1-2H3,(H2,31,34)(H,32,37)(H,35,38)/b4-3+,26-24+,30-25?. The lowest BCUT2D eigenvalue weighted by atomic mass is 10.0. The second-order valence-electron chi connectivity index (χ2n) is 9.63. The molecular weight excluding hydrogens is 510 g/mol. The van der Waals surface area contributed by atoms with Crippen LogP contribution in [0.15, 0.2) is 69.7 Å². The van der Waals surface area contributed by atoms with Crippen LogP contribution in [0.3, 0.4) is 0 Å². The van der Waals surface area contributed by atoms with Crippen molar-refractivity contribution in [1.29, 1.82) is 5.41 Å². The van der Waals surface area contributed by atoms with Crippen LogP contribution in [-0.2, 0) is 14.3 Å². The maximum absolute atomic E-state index is 12.4. The first-order chi connectivity index (χ1) is 19.3. The summed E-state index contributed by atoms with van der Waals surface area (Å²) < 4.78 is 11.5. The number of nitrogens with one attached hydrogen (secondary N) is 4. The molecule has 0 saturated carbocycles. The van der Waals surface area contributed by atoms with Crippen molar-refractivity contribution in [2.75, 3.05) is 43.5 Å². The molecule has 2 aliphatic heterocycles. The van der Waals surface area contributed by atoms with E-state index < -0.39 is 5.91 Å². The minimum atomic E-state index is -0.673. The molecule has 0 radical (unpaired) electrons. The summed E-state index contributed by atoms with van der Waals surface area (Å²) in [5.41, 5.74) is 12.3. The van der Waals surface area contributed by atoms with Crippen molar-refractivity contribution < 1.29 is 18.7 Å². The number of carbonyl (C=O) groups excluding carboxylic acids is 2. The Morgan fingerprint density at radius 3 is 2.55 bits per heavy atom. The number of anilines is 2. The van der Waals surface area contributed by atoms with Gasteiger partial charge in [0.25, 0.3) is 5.91 Å². The third-order valence-electron chi connectivity index (χ3n) is 6.74. The fourth-order valence-corrected chi connectivity index (χ4v) is 4.58. The highest BCUT2D eigenvalue weighted by atomic mass is 16.5. The SMILES string of the molecule is Cc1ccc2oc(/C(Nc3ccc(NC(=O)/C=C/CN4CCOCC4)cc3)=C3/C(=N)C(=O)NN=C3N)c(C)c2c1. The topological polar surface area (TPSA) is 158 Å². The number of hydrogen-bond donors (Lipinski definition) is 5. The van der Waals surface area contributed by atoms with Crippen molar-refractivity contribution in [3.8, 4) is 0 Å². The first kappa shape index (κ1) is 26.9. The van der Waals surface area contributed by atoms with E-state index in [1.54, 1.807) is 24.3 Å². The molecule has 0 aliphatic carbocycles. The second kappa shape index (κ2) is 11.6. The van der Waals surface area contributed by atoms with E-state index in [-0.39, 0.29) is 23.0 Å². The van der Waals surface area contributed by atoms with Crippen molar-refractivity contribution in [2.45, 2.75) is 13.8 Å². The molecule has 3 heterocycles. The van der Waals surface area contributed by atoms with Crippen LogP contribution in [0.2, 0.25) is 0 Å². The number of ether oxygens (including phenoxy) is 1. The fraction of sp³-hybridized carbons (Fsp3) is 0.241. The molecule has 1 aromatic heterocycles. The van der Waals surface area contributed by atoms with Gasteiger partial charge < -0.3 is 25.5 Å². The number of carbonyl (C=O) groups is 2. The number of hydrogen-bond acceptors (Lipinski definition) is 9. The zero-order valence-corrected chi connectivity index (χ0v) is 22.3. The molecule has 206 valence electrons. The normalized spacial score (nSPS) is 17.6. The van der Waals surface area contributed by atoms with Gasteiger partial charge in [-0.15, -0.1) is 0 Å². The number of furan rings is 1. The molecule has 11 heteroatoms. The maximum atomic E-state index is 12.4. The van der Waals surface area contributed by atoms with Crippen LogP contribution in [0.1, 0.15) is 16.9 Å². The van der Waals surface area contributed by atoms with Crippen LogP contribution in [0, 0.1) is 19.3 Å². The summed E-state index contributed by atoms with van der Waals surface area (Å²) in [5, 5.41) is 19.3. The Hall–Kier alpha value is -4.74. The first-order valence-electron chi connectivity index (χ1n) is 12.9. The van der Waals surface area contributed by atoms with Crippen LogP contribution in [0.25, 0.3) is 16.7 Å².